The summed E-state index contributed by atoms with van der Waals surface area (Å²) < 4.78 is 11.9. The Morgan fingerprint density at radius 1 is 0.974 bits per heavy atom. The molecule has 6 nitrogen and oxygen atoms in total. The lowest BCUT2D eigenvalue weighted by atomic mass is 9.78. The van der Waals surface area contributed by atoms with Gasteiger partial charge in [-0.05, 0) is 73.5 Å². The van der Waals surface area contributed by atoms with E-state index in [9.17, 15) is 4.79 Å². The van der Waals surface area contributed by atoms with E-state index in [1.807, 2.05) is 32.3 Å². The third kappa shape index (κ3) is 8.09. The zero-order valence-electron chi connectivity index (χ0n) is 25.9. The number of rotatable bonds is 9. The molecule has 0 saturated carbocycles. The molecule has 3 rings (SSSR count). The molecule has 1 aliphatic rings. The number of carbonyl (C=O) groups excluding carboxylic acids is 1. The van der Waals surface area contributed by atoms with Crippen LogP contribution in [0.2, 0.25) is 0 Å². The molecule has 0 aromatic heterocycles. The van der Waals surface area contributed by atoms with Crippen LogP contribution in [0.15, 0.2) is 36.4 Å². The highest BCUT2D eigenvalue weighted by molar-refractivity contribution is 6.09. The van der Waals surface area contributed by atoms with Crippen LogP contribution in [0.5, 0.6) is 11.5 Å². The maximum absolute atomic E-state index is 13.7. The van der Waals surface area contributed by atoms with Gasteiger partial charge in [0, 0.05) is 50.0 Å². The Balaban J connectivity index is 2.00. The SMILES string of the molecule is COc1c(C(=O)/C=C/c2ccc(OCCN(C)C)cc2N2CCN(C)CC2)cc(C(C)(C)C)cc1C(C)(C)C. The fourth-order valence-corrected chi connectivity index (χ4v) is 4.70. The van der Waals surface area contributed by atoms with Crippen LogP contribution < -0.4 is 14.4 Å². The second-order valence-corrected chi connectivity index (χ2v) is 13.0. The number of likely N-dealkylation sites (N-methyl/N-ethyl adjacent to an activating group) is 2. The summed E-state index contributed by atoms with van der Waals surface area (Å²) >= 11 is 0. The van der Waals surface area contributed by atoms with Crippen molar-refractivity contribution in [1.82, 2.24) is 9.80 Å². The lowest BCUT2D eigenvalue weighted by Crippen LogP contribution is -2.44. The van der Waals surface area contributed by atoms with Crippen molar-refractivity contribution in [2.45, 2.75) is 52.4 Å². The molecule has 1 saturated heterocycles. The van der Waals surface area contributed by atoms with Gasteiger partial charge in [-0.1, -0.05) is 47.6 Å². The third-order valence-corrected chi connectivity index (χ3v) is 7.30. The summed E-state index contributed by atoms with van der Waals surface area (Å²) in [5, 5.41) is 0. The number of ether oxygens (including phenoxy) is 2. The predicted octanol–water partition coefficient (Wildman–Crippen LogP) is 5.88. The second-order valence-electron chi connectivity index (χ2n) is 13.0. The Hall–Kier alpha value is -2.83. The Morgan fingerprint density at radius 2 is 1.64 bits per heavy atom. The van der Waals surface area contributed by atoms with Crippen molar-refractivity contribution in [3.63, 3.8) is 0 Å². The van der Waals surface area contributed by atoms with E-state index < -0.39 is 0 Å². The van der Waals surface area contributed by atoms with Crippen molar-refractivity contribution in [3.8, 4) is 11.5 Å². The number of piperazine rings is 1. The second kappa shape index (κ2) is 12.6. The monoisotopic (exact) mass is 535 g/mol. The molecule has 0 N–H and O–H groups in total. The van der Waals surface area contributed by atoms with Crippen LogP contribution >= 0.6 is 0 Å². The summed E-state index contributed by atoms with van der Waals surface area (Å²) in [6.07, 6.45) is 3.64. The molecule has 6 heteroatoms. The van der Waals surface area contributed by atoms with E-state index in [0.717, 1.165) is 60.9 Å². The minimum atomic E-state index is -0.164. The average Bonchev–Trinajstić information content (AvgIpc) is 2.86. The minimum absolute atomic E-state index is 0.0564. The van der Waals surface area contributed by atoms with E-state index in [0.29, 0.717) is 17.9 Å². The molecular weight excluding hydrogens is 486 g/mol. The van der Waals surface area contributed by atoms with Gasteiger partial charge in [-0.3, -0.25) is 4.79 Å². The molecule has 0 radical (unpaired) electrons. The molecule has 1 aliphatic heterocycles. The van der Waals surface area contributed by atoms with E-state index in [4.69, 9.17) is 9.47 Å². The highest BCUT2D eigenvalue weighted by Gasteiger charge is 2.27. The molecule has 0 bridgehead atoms. The van der Waals surface area contributed by atoms with Crippen LogP contribution in [-0.4, -0.2) is 83.2 Å². The van der Waals surface area contributed by atoms with Gasteiger partial charge in [0.25, 0.3) is 0 Å². The lowest BCUT2D eigenvalue weighted by Gasteiger charge is -2.35. The molecule has 39 heavy (non-hydrogen) atoms. The highest BCUT2D eigenvalue weighted by Crippen LogP contribution is 2.39. The fraction of sp³-hybridized carbons (Fsp3) is 0.545. The summed E-state index contributed by atoms with van der Waals surface area (Å²) in [6.45, 7) is 18.4. The molecule has 0 amide bonds. The van der Waals surface area contributed by atoms with Gasteiger partial charge in [0.2, 0.25) is 0 Å². The summed E-state index contributed by atoms with van der Waals surface area (Å²) in [6, 6.07) is 10.4. The van der Waals surface area contributed by atoms with Crippen LogP contribution in [-0.2, 0) is 10.8 Å². The number of hydrogen-bond donors (Lipinski definition) is 0. The fourth-order valence-electron chi connectivity index (χ4n) is 4.70. The summed E-state index contributed by atoms with van der Waals surface area (Å²) in [5.74, 6) is 1.46. The van der Waals surface area contributed by atoms with Crippen molar-refractivity contribution in [3.05, 3.63) is 58.7 Å². The van der Waals surface area contributed by atoms with Gasteiger partial charge in [0.1, 0.15) is 18.1 Å². The zero-order chi connectivity index (χ0) is 29.0. The Morgan fingerprint density at radius 3 is 2.21 bits per heavy atom. The molecule has 214 valence electrons. The van der Waals surface area contributed by atoms with Crippen molar-refractivity contribution in [2.24, 2.45) is 0 Å². The molecule has 2 aromatic carbocycles. The lowest BCUT2D eigenvalue weighted by molar-refractivity contribution is 0.104. The first-order valence-corrected chi connectivity index (χ1v) is 14.0. The van der Waals surface area contributed by atoms with Crippen LogP contribution in [0.3, 0.4) is 0 Å². The number of benzene rings is 2. The number of ketones is 1. The molecule has 2 aromatic rings. The van der Waals surface area contributed by atoms with E-state index in [2.05, 4.69) is 81.5 Å². The zero-order valence-corrected chi connectivity index (χ0v) is 25.9. The van der Waals surface area contributed by atoms with Crippen LogP contribution in [0, 0.1) is 0 Å². The van der Waals surface area contributed by atoms with E-state index >= 15 is 0 Å². The Bertz CT molecular complexity index is 1160. The largest absolute Gasteiger partial charge is 0.496 e. The summed E-state index contributed by atoms with van der Waals surface area (Å²) in [5.41, 5.74) is 4.63. The number of carbonyl (C=O) groups is 1. The van der Waals surface area contributed by atoms with E-state index in [1.165, 1.54) is 0 Å². The van der Waals surface area contributed by atoms with Crippen LogP contribution in [0.25, 0.3) is 6.08 Å². The Labute approximate surface area is 236 Å². The van der Waals surface area contributed by atoms with Crippen molar-refractivity contribution < 1.29 is 14.3 Å². The molecule has 1 fully saturated rings. The number of methoxy groups -OCH3 is 1. The standard InChI is InChI=1S/C33H49N3O3/c1-32(2,3)25-21-27(31(38-10)28(22-25)33(4,5)6)30(37)14-12-24-11-13-26(39-20-19-34(7)8)23-29(24)36-17-15-35(9)16-18-36/h11-14,21-23H,15-20H2,1-10H3/b14-12+. The van der Waals surface area contributed by atoms with Gasteiger partial charge in [0.15, 0.2) is 5.78 Å². The van der Waals surface area contributed by atoms with Crippen LogP contribution in [0.4, 0.5) is 5.69 Å². The van der Waals surface area contributed by atoms with Gasteiger partial charge < -0.3 is 24.2 Å². The normalized spacial score (nSPS) is 15.3. The molecule has 0 spiro atoms. The smallest absolute Gasteiger partial charge is 0.189 e. The maximum atomic E-state index is 13.7. The number of hydrogen-bond acceptors (Lipinski definition) is 6. The first-order valence-electron chi connectivity index (χ1n) is 14.0. The Kier molecular flexibility index (Phi) is 9.89. The highest BCUT2D eigenvalue weighted by atomic mass is 16.5. The molecule has 1 heterocycles. The number of allylic oxidation sites excluding steroid dienone is 1. The number of nitrogens with zero attached hydrogens (tertiary/aromatic N) is 3. The maximum Gasteiger partial charge on any atom is 0.189 e. The first-order chi connectivity index (χ1) is 18.2. The molecular formula is C33H49N3O3. The molecule has 0 unspecified atom stereocenters. The quantitative estimate of drug-likeness (QED) is 0.295. The van der Waals surface area contributed by atoms with Gasteiger partial charge in [-0.25, -0.2) is 0 Å². The van der Waals surface area contributed by atoms with Gasteiger partial charge in [-0.2, -0.15) is 0 Å². The summed E-state index contributed by atoms with van der Waals surface area (Å²) in [7, 11) is 7.89. The molecule has 0 atom stereocenters. The minimum Gasteiger partial charge on any atom is -0.496 e. The van der Waals surface area contributed by atoms with Crippen LogP contribution in [0.1, 0.15) is 68.6 Å². The van der Waals surface area contributed by atoms with Gasteiger partial charge >= 0.3 is 0 Å². The predicted molar refractivity (Wildman–Crippen MR) is 164 cm³/mol. The van der Waals surface area contributed by atoms with E-state index in [-0.39, 0.29) is 16.6 Å². The molecule has 0 aliphatic carbocycles. The third-order valence-electron chi connectivity index (χ3n) is 7.30. The first kappa shape index (κ1) is 30.7. The van der Waals surface area contributed by atoms with E-state index in [1.54, 1.807) is 13.2 Å². The van der Waals surface area contributed by atoms with Gasteiger partial charge in [-0.15, -0.1) is 0 Å². The summed E-state index contributed by atoms with van der Waals surface area (Å²) in [4.78, 5) is 20.6. The van der Waals surface area contributed by atoms with Gasteiger partial charge in [0.05, 0.1) is 12.7 Å². The number of anilines is 1. The van der Waals surface area contributed by atoms with Crippen molar-refractivity contribution in [1.29, 1.82) is 0 Å². The topological polar surface area (TPSA) is 45.3 Å². The van der Waals surface area contributed by atoms with Crippen molar-refractivity contribution >= 4 is 17.5 Å². The van der Waals surface area contributed by atoms with Crippen molar-refractivity contribution in [2.75, 3.05) is 72.5 Å². The average molecular weight is 536 g/mol.